The quantitative estimate of drug-likeness (QED) is 0.428. The molecule has 3 N–H and O–H groups in total. The Bertz CT molecular complexity index is 659. The third kappa shape index (κ3) is 5.09. The Morgan fingerprint density at radius 1 is 1.54 bits per heavy atom. The number of carbonyl (C=O) groups is 2. The lowest BCUT2D eigenvalue weighted by atomic mass is 9.90. The first-order chi connectivity index (χ1) is 11.2. The molecular formula is C15H21N5O3S. The molecule has 0 saturated carbocycles. The molecule has 24 heavy (non-hydrogen) atoms. The Kier molecular flexibility index (Phi) is 6.97. The summed E-state index contributed by atoms with van der Waals surface area (Å²) < 4.78 is 4.84. The number of nitrogens with zero attached hydrogens (tertiary/aromatic N) is 3. The molecule has 1 aromatic rings. The number of hydrogen-bond acceptors (Lipinski definition) is 8. The van der Waals surface area contributed by atoms with E-state index in [4.69, 9.17) is 10.5 Å². The number of rotatable bonds is 7. The van der Waals surface area contributed by atoms with Crippen molar-refractivity contribution in [3.63, 3.8) is 0 Å². The largest absolute Gasteiger partial charge is 0.462 e. The van der Waals surface area contributed by atoms with Gasteiger partial charge in [0.15, 0.2) is 5.16 Å². The molecule has 0 aliphatic carbocycles. The Morgan fingerprint density at radius 3 is 2.71 bits per heavy atom. The first-order valence-electron chi connectivity index (χ1n) is 7.38. The molecule has 1 heterocycles. The van der Waals surface area contributed by atoms with Crippen LogP contribution in [0.3, 0.4) is 0 Å². The average Bonchev–Trinajstić information content (AvgIpc) is 2.52. The standard InChI is InChI=1S/C15H21N5O3S/c1-5-23-13(22)10-6-18-14(19-12(10)17)24-7-11(21)20-15(4,8-16)9(2)3/h6,9H,5,7H2,1-4H3,(H,20,21)(H2,17,18,19)/t15-/m0/s1. The summed E-state index contributed by atoms with van der Waals surface area (Å²) in [6.45, 7) is 7.29. The molecule has 1 atom stereocenters. The molecule has 0 aliphatic heterocycles. The highest BCUT2D eigenvalue weighted by atomic mass is 32.2. The van der Waals surface area contributed by atoms with Gasteiger partial charge in [0.1, 0.15) is 16.9 Å². The molecule has 0 unspecified atom stereocenters. The van der Waals surface area contributed by atoms with E-state index in [1.54, 1.807) is 13.8 Å². The number of anilines is 1. The van der Waals surface area contributed by atoms with Gasteiger partial charge in [0.05, 0.1) is 18.4 Å². The molecule has 8 nitrogen and oxygen atoms in total. The predicted molar refractivity (Wildman–Crippen MR) is 90.1 cm³/mol. The zero-order chi connectivity index (χ0) is 18.3. The van der Waals surface area contributed by atoms with E-state index in [0.29, 0.717) is 0 Å². The van der Waals surface area contributed by atoms with E-state index in [-0.39, 0.29) is 40.7 Å². The summed E-state index contributed by atoms with van der Waals surface area (Å²) >= 11 is 1.06. The molecule has 0 aromatic carbocycles. The fourth-order valence-corrected chi connectivity index (χ4v) is 2.19. The molecule has 9 heteroatoms. The smallest absolute Gasteiger partial charge is 0.343 e. The zero-order valence-corrected chi connectivity index (χ0v) is 14.9. The number of ether oxygens (including phenoxy) is 1. The highest BCUT2D eigenvalue weighted by Gasteiger charge is 2.29. The van der Waals surface area contributed by atoms with Gasteiger partial charge < -0.3 is 15.8 Å². The lowest BCUT2D eigenvalue weighted by molar-refractivity contribution is -0.120. The van der Waals surface area contributed by atoms with Crippen LogP contribution in [0.25, 0.3) is 0 Å². The van der Waals surface area contributed by atoms with Crippen molar-refractivity contribution in [2.24, 2.45) is 5.92 Å². The van der Waals surface area contributed by atoms with Crippen LogP contribution in [0.1, 0.15) is 38.1 Å². The highest BCUT2D eigenvalue weighted by molar-refractivity contribution is 7.99. The fraction of sp³-hybridized carbons (Fsp3) is 0.533. The number of thioether (sulfide) groups is 1. The lowest BCUT2D eigenvalue weighted by Crippen LogP contribution is -2.49. The Morgan fingerprint density at radius 2 is 2.21 bits per heavy atom. The van der Waals surface area contributed by atoms with E-state index in [1.807, 2.05) is 13.8 Å². The normalized spacial score (nSPS) is 13.0. The van der Waals surface area contributed by atoms with Gasteiger partial charge in [-0.15, -0.1) is 0 Å². The van der Waals surface area contributed by atoms with Crippen molar-refractivity contribution in [2.45, 2.75) is 38.4 Å². The highest BCUT2D eigenvalue weighted by Crippen LogP contribution is 2.19. The fourth-order valence-electron chi connectivity index (χ4n) is 1.57. The summed E-state index contributed by atoms with van der Waals surface area (Å²) in [6, 6.07) is 2.10. The van der Waals surface area contributed by atoms with Gasteiger partial charge in [-0.25, -0.2) is 14.8 Å². The van der Waals surface area contributed by atoms with Crippen LogP contribution in [-0.2, 0) is 9.53 Å². The Hall–Kier alpha value is -2.34. The van der Waals surface area contributed by atoms with E-state index >= 15 is 0 Å². The molecule has 0 fully saturated rings. The minimum atomic E-state index is -0.939. The zero-order valence-electron chi connectivity index (χ0n) is 14.1. The van der Waals surface area contributed by atoms with E-state index in [0.717, 1.165) is 11.8 Å². The SMILES string of the molecule is CCOC(=O)c1cnc(SCC(=O)N[C@@](C)(C#N)C(C)C)nc1N. The molecule has 0 saturated heterocycles. The predicted octanol–water partition coefficient (Wildman–Crippen LogP) is 1.38. The Balaban J connectivity index is 2.69. The summed E-state index contributed by atoms with van der Waals surface area (Å²) in [5.74, 6) is -0.912. The third-order valence-electron chi connectivity index (χ3n) is 3.41. The first-order valence-corrected chi connectivity index (χ1v) is 8.36. The molecule has 0 radical (unpaired) electrons. The van der Waals surface area contributed by atoms with Gasteiger partial charge in [0.2, 0.25) is 5.91 Å². The maximum absolute atomic E-state index is 12.0. The van der Waals surface area contributed by atoms with Crippen molar-refractivity contribution >= 4 is 29.5 Å². The summed E-state index contributed by atoms with van der Waals surface area (Å²) in [7, 11) is 0. The van der Waals surface area contributed by atoms with E-state index in [1.165, 1.54) is 6.20 Å². The maximum atomic E-state index is 12.0. The van der Waals surface area contributed by atoms with Crippen molar-refractivity contribution in [2.75, 3.05) is 18.1 Å². The molecule has 0 bridgehead atoms. The second kappa shape index (κ2) is 8.49. The van der Waals surface area contributed by atoms with Gasteiger partial charge in [-0.1, -0.05) is 25.6 Å². The second-order valence-corrected chi connectivity index (χ2v) is 6.42. The molecule has 1 amide bonds. The minimum Gasteiger partial charge on any atom is -0.462 e. The van der Waals surface area contributed by atoms with Crippen LogP contribution in [0, 0.1) is 17.2 Å². The number of aromatic nitrogens is 2. The van der Waals surface area contributed by atoms with Crippen LogP contribution in [0.2, 0.25) is 0 Å². The average molecular weight is 351 g/mol. The summed E-state index contributed by atoms with van der Waals surface area (Å²) in [6.07, 6.45) is 1.27. The maximum Gasteiger partial charge on any atom is 0.343 e. The van der Waals surface area contributed by atoms with Gasteiger partial charge in [0, 0.05) is 6.20 Å². The van der Waals surface area contributed by atoms with Crippen molar-refractivity contribution in [3.05, 3.63) is 11.8 Å². The van der Waals surface area contributed by atoms with E-state index in [9.17, 15) is 14.9 Å². The topological polar surface area (TPSA) is 131 Å². The number of nitriles is 1. The number of carbonyl (C=O) groups excluding carboxylic acids is 2. The van der Waals surface area contributed by atoms with Gasteiger partial charge in [-0.2, -0.15) is 5.26 Å². The first kappa shape index (κ1) is 19.7. The second-order valence-electron chi connectivity index (χ2n) is 5.48. The van der Waals surface area contributed by atoms with Crippen LogP contribution in [0.4, 0.5) is 5.82 Å². The minimum absolute atomic E-state index is 0.00426. The van der Waals surface area contributed by atoms with E-state index in [2.05, 4.69) is 21.4 Å². The van der Waals surface area contributed by atoms with Gasteiger partial charge in [0.25, 0.3) is 0 Å². The molecule has 0 spiro atoms. The van der Waals surface area contributed by atoms with Crippen molar-refractivity contribution in [3.8, 4) is 6.07 Å². The number of nitrogens with one attached hydrogen (secondary N) is 1. The molecule has 1 aromatic heterocycles. The number of nitrogen functional groups attached to an aromatic ring is 1. The van der Waals surface area contributed by atoms with Gasteiger partial charge in [-0.3, -0.25) is 4.79 Å². The van der Waals surface area contributed by atoms with Crippen LogP contribution in [-0.4, -0.2) is 39.7 Å². The van der Waals surface area contributed by atoms with Gasteiger partial charge in [-0.05, 0) is 19.8 Å². The summed E-state index contributed by atoms with van der Waals surface area (Å²) in [4.78, 5) is 31.6. The lowest BCUT2D eigenvalue weighted by Gasteiger charge is -2.27. The van der Waals surface area contributed by atoms with Crippen molar-refractivity contribution in [1.82, 2.24) is 15.3 Å². The molecule has 0 aliphatic rings. The number of hydrogen-bond donors (Lipinski definition) is 2. The van der Waals surface area contributed by atoms with Crippen LogP contribution in [0.5, 0.6) is 0 Å². The number of amides is 1. The number of esters is 1. The summed E-state index contributed by atoms with van der Waals surface area (Å²) in [5, 5.41) is 12.2. The summed E-state index contributed by atoms with van der Waals surface area (Å²) in [5.41, 5.74) is 4.86. The van der Waals surface area contributed by atoms with Crippen LogP contribution >= 0.6 is 11.8 Å². The van der Waals surface area contributed by atoms with E-state index < -0.39 is 11.5 Å². The number of nitrogens with two attached hydrogens (primary N) is 1. The molecular weight excluding hydrogens is 330 g/mol. The Labute approximate surface area is 145 Å². The third-order valence-corrected chi connectivity index (χ3v) is 4.27. The molecule has 1 rings (SSSR count). The molecule has 130 valence electrons. The monoisotopic (exact) mass is 351 g/mol. The van der Waals surface area contributed by atoms with Crippen LogP contribution < -0.4 is 11.1 Å². The van der Waals surface area contributed by atoms with Crippen LogP contribution in [0.15, 0.2) is 11.4 Å². The van der Waals surface area contributed by atoms with Gasteiger partial charge >= 0.3 is 5.97 Å². The van der Waals surface area contributed by atoms with Crippen molar-refractivity contribution in [1.29, 1.82) is 5.26 Å². The van der Waals surface area contributed by atoms with Crippen molar-refractivity contribution < 1.29 is 14.3 Å².